The van der Waals surface area contributed by atoms with Crippen LogP contribution in [0.1, 0.15) is 18.4 Å². The van der Waals surface area contributed by atoms with E-state index in [2.05, 4.69) is 5.32 Å². The average molecular weight is 329 g/mol. The molecule has 0 fully saturated rings. The third-order valence-corrected chi connectivity index (χ3v) is 4.06. The molecule has 0 aliphatic rings. The summed E-state index contributed by atoms with van der Waals surface area (Å²) in [4.78, 5) is 11.6. The maximum Gasteiger partial charge on any atom is 0.220 e. The summed E-state index contributed by atoms with van der Waals surface area (Å²) in [6.07, 6.45) is 2.92. The fourth-order valence-electron chi connectivity index (χ4n) is 1.95. The van der Waals surface area contributed by atoms with Gasteiger partial charge in [-0.25, -0.2) is 8.42 Å². The smallest absolute Gasteiger partial charge is 0.220 e. The fourth-order valence-corrected chi connectivity index (χ4v) is 2.43. The highest BCUT2D eigenvalue weighted by Crippen LogP contribution is 2.28. The first-order valence-electron chi connectivity index (χ1n) is 7.01. The number of hydrogen-bond donors (Lipinski definition) is 1. The zero-order valence-electron chi connectivity index (χ0n) is 13.2. The summed E-state index contributed by atoms with van der Waals surface area (Å²) in [6, 6.07) is 5.66. The van der Waals surface area contributed by atoms with Crippen LogP contribution >= 0.6 is 0 Å². The third kappa shape index (κ3) is 6.80. The van der Waals surface area contributed by atoms with Crippen LogP contribution in [-0.2, 0) is 21.1 Å². The molecule has 0 aromatic heterocycles. The second-order valence-electron chi connectivity index (χ2n) is 5.02. The number of aryl methyl sites for hydroxylation is 1. The second kappa shape index (κ2) is 8.63. The summed E-state index contributed by atoms with van der Waals surface area (Å²) in [5.41, 5.74) is 1.06. The minimum Gasteiger partial charge on any atom is -0.493 e. The maximum absolute atomic E-state index is 11.6. The first-order valence-corrected chi connectivity index (χ1v) is 9.07. The number of benzene rings is 1. The highest BCUT2D eigenvalue weighted by atomic mass is 32.2. The summed E-state index contributed by atoms with van der Waals surface area (Å²) in [7, 11) is 0.124. The molecule has 1 amide bonds. The number of carbonyl (C=O) groups excluding carboxylic acids is 1. The van der Waals surface area contributed by atoms with Gasteiger partial charge in [-0.2, -0.15) is 0 Å². The van der Waals surface area contributed by atoms with E-state index in [1.807, 2.05) is 18.2 Å². The van der Waals surface area contributed by atoms with Crippen LogP contribution in [0.4, 0.5) is 0 Å². The van der Waals surface area contributed by atoms with E-state index in [-0.39, 0.29) is 18.2 Å². The van der Waals surface area contributed by atoms with Gasteiger partial charge in [0.1, 0.15) is 9.84 Å². The summed E-state index contributed by atoms with van der Waals surface area (Å²) in [5, 5.41) is 2.60. The number of carbonyl (C=O) groups is 1. The van der Waals surface area contributed by atoms with Crippen LogP contribution in [0, 0.1) is 0 Å². The molecule has 124 valence electrons. The van der Waals surface area contributed by atoms with Gasteiger partial charge in [0.05, 0.1) is 20.0 Å². The van der Waals surface area contributed by atoms with Crippen molar-refractivity contribution in [2.24, 2.45) is 0 Å². The molecule has 7 heteroatoms. The van der Waals surface area contributed by atoms with Gasteiger partial charge < -0.3 is 14.8 Å². The van der Waals surface area contributed by atoms with Gasteiger partial charge in [-0.3, -0.25) is 4.79 Å². The zero-order valence-corrected chi connectivity index (χ0v) is 14.0. The summed E-state index contributed by atoms with van der Waals surface area (Å²) < 4.78 is 32.3. The number of hydrogen-bond acceptors (Lipinski definition) is 5. The Labute approximate surface area is 131 Å². The van der Waals surface area contributed by atoms with Gasteiger partial charge in [0, 0.05) is 19.2 Å². The van der Waals surface area contributed by atoms with Gasteiger partial charge in [0.25, 0.3) is 0 Å². The Kier molecular flexibility index (Phi) is 7.17. The van der Waals surface area contributed by atoms with Gasteiger partial charge in [0.2, 0.25) is 5.91 Å². The monoisotopic (exact) mass is 329 g/mol. The van der Waals surface area contributed by atoms with Crippen LogP contribution in [0.3, 0.4) is 0 Å². The average Bonchev–Trinajstić information content (AvgIpc) is 2.45. The molecular weight excluding hydrogens is 306 g/mol. The minimum absolute atomic E-state index is 0.0333. The molecule has 0 heterocycles. The molecule has 0 atom stereocenters. The number of sulfone groups is 1. The van der Waals surface area contributed by atoms with E-state index >= 15 is 0 Å². The SMILES string of the molecule is COc1ccc(CCCC(=O)NCCS(C)(=O)=O)cc1OC. The van der Waals surface area contributed by atoms with Crippen molar-refractivity contribution in [3.05, 3.63) is 23.8 Å². The summed E-state index contributed by atoms with van der Waals surface area (Å²) >= 11 is 0. The van der Waals surface area contributed by atoms with Crippen molar-refractivity contribution in [2.75, 3.05) is 32.8 Å². The predicted molar refractivity (Wildman–Crippen MR) is 85.2 cm³/mol. The molecule has 0 unspecified atom stereocenters. The minimum atomic E-state index is -3.04. The van der Waals surface area contributed by atoms with Crippen LogP contribution in [0.5, 0.6) is 11.5 Å². The van der Waals surface area contributed by atoms with E-state index in [0.717, 1.165) is 18.2 Å². The van der Waals surface area contributed by atoms with Crippen molar-refractivity contribution in [3.63, 3.8) is 0 Å². The first-order chi connectivity index (χ1) is 10.4. The Bertz CT molecular complexity index is 598. The molecule has 1 aromatic rings. The molecule has 0 aliphatic carbocycles. The Morgan fingerprint density at radius 3 is 2.45 bits per heavy atom. The Hall–Kier alpha value is -1.76. The molecule has 1 N–H and O–H groups in total. The maximum atomic E-state index is 11.6. The van der Waals surface area contributed by atoms with Gasteiger partial charge in [-0.1, -0.05) is 6.07 Å². The van der Waals surface area contributed by atoms with E-state index in [9.17, 15) is 13.2 Å². The lowest BCUT2D eigenvalue weighted by Crippen LogP contribution is -2.28. The summed E-state index contributed by atoms with van der Waals surface area (Å²) in [5.74, 6) is 1.17. The lowest BCUT2D eigenvalue weighted by Gasteiger charge is -2.09. The van der Waals surface area contributed by atoms with E-state index < -0.39 is 9.84 Å². The second-order valence-corrected chi connectivity index (χ2v) is 7.28. The lowest BCUT2D eigenvalue weighted by molar-refractivity contribution is -0.121. The molecule has 0 saturated carbocycles. The Morgan fingerprint density at radius 2 is 1.86 bits per heavy atom. The van der Waals surface area contributed by atoms with Crippen LogP contribution in [-0.4, -0.2) is 47.1 Å². The molecule has 1 aromatic carbocycles. The largest absolute Gasteiger partial charge is 0.493 e. The molecule has 22 heavy (non-hydrogen) atoms. The van der Waals surface area contributed by atoms with Gasteiger partial charge >= 0.3 is 0 Å². The van der Waals surface area contributed by atoms with Crippen molar-refractivity contribution < 1.29 is 22.7 Å². The number of nitrogens with one attached hydrogen (secondary N) is 1. The van der Waals surface area contributed by atoms with Crippen LogP contribution < -0.4 is 14.8 Å². The lowest BCUT2D eigenvalue weighted by atomic mass is 10.1. The molecule has 0 aliphatic heterocycles. The molecule has 0 saturated heterocycles. The number of amides is 1. The van der Waals surface area contributed by atoms with Crippen molar-refractivity contribution >= 4 is 15.7 Å². The van der Waals surface area contributed by atoms with Gasteiger partial charge in [-0.15, -0.1) is 0 Å². The third-order valence-electron chi connectivity index (χ3n) is 3.11. The zero-order chi connectivity index (χ0) is 16.6. The van der Waals surface area contributed by atoms with Crippen LogP contribution in [0.15, 0.2) is 18.2 Å². The highest BCUT2D eigenvalue weighted by molar-refractivity contribution is 7.90. The van der Waals surface area contributed by atoms with Crippen LogP contribution in [0.25, 0.3) is 0 Å². The van der Waals surface area contributed by atoms with Crippen molar-refractivity contribution in [3.8, 4) is 11.5 Å². The number of rotatable bonds is 9. The standard InChI is InChI=1S/C15H23NO5S/c1-20-13-8-7-12(11-14(13)21-2)5-4-6-15(17)16-9-10-22(3,18)19/h7-8,11H,4-6,9-10H2,1-3H3,(H,16,17). The molecule has 0 spiro atoms. The molecule has 6 nitrogen and oxygen atoms in total. The van der Waals surface area contributed by atoms with Crippen molar-refractivity contribution in [2.45, 2.75) is 19.3 Å². The normalized spacial score (nSPS) is 11.0. The predicted octanol–water partition coefficient (Wildman–Crippen LogP) is 1.19. The molecular formula is C15H23NO5S. The Balaban J connectivity index is 2.36. The van der Waals surface area contributed by atoms with Crippen LogP contribution in [0.2, 0.25) is 0 Å². The van der Waals surface area contributed by atoms with Gasteiger partial charge in [-0.05, 0) is 30.5 Å². The van der Waals surface area contributed by atoms with E-state index in [4.69, 9.17) is 9.47 Å². The van der Waals surface area contributed by atoms with E-state index in [1.54, 1.807) is 14.2 Å². The molecule has 0 bridgehead atoms. The van der Waals surface area contributed by atoms with E-state index in [1.165, 1.54) is 0 Å². The quantitative estimate of drug-likeness (QED) is 0.736. The van der Waals surface area contributed by atoms with Crippen molar-refractivity contribution in [1.82, 2.24) is 5.32 Å². The Morgan fingerprint density at radius 1 is 1.18 bits per heavy atom. The topological polar surface area (TPSA) is 81.7 Å². The highest BCUT2D eigenvalue weighted by Gasteiger charge is 2.07. The molecule has 1 rings (SSSR count). The molecule has 0 radical (unpaired) electrons. The van der Waals surface area contributed by atoms with Crippen molar-refractivity contribution in [1.29, 1.82) is 0 Å². The van der Waals surface area contributed by atoms with Gasteiger partial charge in [0.15, 0.2) is 11.5 Å². The number of methoxy groups -OCH3 is 2. The van der Waals surface area contributed by atoms with E-state index in [0.29, 0.717) is 24.3 Å². The summed E-state index contributed by atoms with van der Waals surface area (Å²) in [6.45, 7) is 0.161. The fraction of sp³-hybridized carbons (Fsp3) is 0.533. The number of ether oxygens (including phenoxy) is 2. The first kappa shape index (κ1) is 18.3.